The van der Waals surface area contributed by atoms with Crippen LogP contribution < -0.4 is 5.32 Å². The highest BCUT2D eigenvalue weighted by molar-refractivity contribution is 6.34. The van der Waals surface area contributed by atoms with Crippen LogP contribution in [0.5, 0.6) is 0 Å². The predicted molar refractivity (Wildman–Crippen MR) is 83.5 cm³/mol. The number of anilines is 1. The number of halogens is 1. The number of benzene rings is 2. The number of hydrogen-bond acceptors (Lipinski definition) is 2. The molecular weight excluding hydrogens is 286 g/mol. The van der Waals surface area contributed by atoms with Crippen molar-refractivity contribution < 1.29 is 9.21 Å². The van der Waals surface area contributed by atoms with Gasteiger partial charge in [-0.2, -0.15) is 0 Å². The minimum Gasteiger partial charge on any atom is -0.464 e. The summed E-state index contributed by atoms with van der Waals surface area (Å²) in [5.41, 5.74) is 2.04. The number of rotatable bonds is 3. The van der Waals surface area contributed by atoms with Crippen molar-refractivity contribution in [2.75, 3.05) is 5.32 Å². The van der Waals surface area contributed by atoms with Crippen LogP contribution in [0.1, 0.15) is 10.4 Å². The van der Waals surface area contributed by atoms with E-state index in [1.807, 2.05) is 36.4 Å². The lowest BCUT2D eigenvalue weighted by atomic mass is 10.1. The zero-order valence-electron chi connectivity index (χ0n) is 11.0. The van der Waals surface area contributed by atoms with Crippen LogP contribution in [0.3, 0.4) is 0 Å². The average Bonchev–Trinajstić information content (AvgIpc) is 3.02. The molecule has 0 atom stereocenters. The first kappa shape index (κ1) is 13.5. The summed E-state index contributed by atoms with van der Waals surface area (Å²) in [4.78, 5) is 12.2. The largest absolute Gasteiger partial charge is 0.464 e. The molecular formula is C17H12ClNO2. The molecule has 1 heterocycles. The maximum absolute atomic E-state index is 12.2. The van der Waals surface area contributed by atoms with Gasteiger partial charge in [-0.25, -0.2) is 0 Å². The van der Waals surface area contributed by atoms with Crippen LogP contribution in [0.15, 0.2) is 71.3 Å². The minimum absolute atomic E-state index is 0.239. The van der Waals surface area contributed by atoms with E-state index < -0.39 is 0 Å². The number of carbonyl (C=O) groups is 1. The third-order valence-electron chi connectivity index (χ3n) is 3.04. The van der Waals surface area contributed by atoms with Crippen molar-refractivity contribution in [1.82, 2.24) is 0 Å². The predicted octanol–water partition coefficient (Wildman–Crippen LogP) is 4.85. The summed E-state index contributed by atoms with van der Waals surface area (Å²) in [6.07, 6.45) is 1.62. The molecule has 0 aliphatic heterocycles. The molecule has 3 aromatic rings. The summed E-state index contributed by atoms with van der Waals surface area (Å²) < 4.78 is 5.35. The van der Waals surface area contributed by atoms with Gasteiger partial charge in [-0.3, -0.25) is 4.79 Å². The molecule has 1 N–H and O–H groups in total. The van der Waals surface area contributed by atoms with Gasteiger partial charge in [0.25, 0.3) is 5.91 Å². The molecule has 0 radical (unpaired) electrons. The van der Waals surface area contributed by atoms with E-state index in [0.29, 0.717) is 16.3 Å². The van der Waals surface area contributed by atoms with E-state index in [1.54, 1.807) is 30.5 Å². The zero-order chi connectivity index (χ0) is 14.7. The van der Waals surface area contributed by atoms with Gasteiger partial charge in [0.2, 0.25) is 0 Å². The van der Waals surface area contributed by atoms with Crippen molar-refractivity contribution in [1.29, 1.82) is 0 Å². The topological polar surface area (TPSA) is 42.2 Å². The van der Waals surface area contributed by atoms with Gasteiger partial charge < -0.3 is 9.73 Å². The molecule has 0 saturated heterocycles. The fraction of sp³-hybridized carbons (Fsp3) is 0. The Balaban J connectivity index is 1.84. The van der Waals surface area contributed by atoms with Crippen LogP contribution in [0, 0.1) is 0 Å². The highest BCUT2D eigenvalue weighted by Gasteiger charge is 2.10. The maximum atomic E-state index is 12.2. The first-order chi connectivity index (χ1) is 10.2. The van der Waals surface area contributed by atoms with Crippen molar-refractivity contribution in [3.8, 4) is 11.3 Å². The normalized spacial score (nSPS) is 10.3. The molecule has 0 unspecified atom stereocenters. The van der Waals surface area contributed by atoms with Gasteiger partial charge in [0.05, 0.1) is 16.8 Å². The third-order valence-corrected chi connectivity index (χ3v) is 3.37. The van der Waals surface area contributed by atoms with Crippen molar-refractivity contribution in [2.24, 2.45) is 0 Å². The van der Waals surface area contributed by atoms with Crippen molar-refractivity contribution in [3.63, 3.8) is 0 Å². The van der Waals surface area contributed by atoms with Crippen molar-refractivity contribution in [2.45, 2.75) is 0 Å². The molecule has 3 nitrogen and oxygen atoms in total. The third kappa shape index (κ3) is 2.98. The Morgan fingerprint density at radius 1 is 1.00 bits per heavy atom. The second-order valence-electron chi connectivity index (χ2n) is 4.49. The van der Waals surface area contributed by atoms with E-state index in [0.717, 1.165) is 11.3 Å². The van der Waals surface area contributed by atoms with Crippen LogP contribution in [0.4, 0.5) is 5.69 Å². The minimum atomic E-state index is -0.239. The highest BCUT2D eigenvalue weighted by atomic mass is 35.5. The Bertz CT molecular complexity index is 766. The van der Waals surface area contributed by atoms with Gasteiger partial charge in [-0.15, -0.1) is 0 Å². The van der Waals surface area contributed by atoms with Crippen molar-refractivity contribution in [3.05, 3.63) is 77.5 Å². The summed E-state index contributed by atoms with van der Waals surface area (Å²) in [7, 11) is 0. The lowest BCUT2D eigenvalue weighted by molar-refractivity contribution is 0.102. The highest BCUT2D eigenvalue weighted by Crippen LogP contribution is 2.24. The molecule has 0 saturated carbocycles. The van der Waals surface area contributed by atoms with Crippen LogP contribution in [-0.4, -0.2) is 5.91 Å². The van der Waals surface area contributed by atoms with E-state index in [-0.39, 0.29) is 5.91 Å². The van der Waals surface area contributed by atoms with Crippen LogP contribution in [0.25, 0.3) is 11.3 Å². The Morgan fingerprint density at radius 3 is 2.62 bits per heavy atom. The summed E-state index contributed by atoms with van der Waals surface area (Å²) in [5, 5.41) is 3.26. The van der Waals surface area contributed by atoms with Crippen LogP contribution >= 0.6 is 11.6 Å². The first-order valence-corrected chi connectivity index (χ1v) is 6.81. The number of carbonyl (C=O) groups excluding carboxylic acids is 1. The average molecular weight is 298 g/mol. The number of hydrogen-bond donors (Lipinski definition) is 1. The lowest BCUT2D eigenvalue weighted by Crippen LogP contribution is -2.12. The lowest BCUT2D eigenvalue weighted by Gasteiger charge is -2.07. The Kier molecular flexibility index (Phi) is 3.75. The molecule has 0 fully saturated rings. The first-order valence-electron chi connectivity index (χ1n) is 6.44. The molecule has 21 heavy (non-hydrogen) atoms. The van der Waals surface area contributed by atoms with Gasteiger partial charge in [0.1, 0.15) is 5.76 Å². The zero-order valence-corrected chi connectivity index (χ0v) is 11.8. The molecule has 0 spiro atoms. The summed E-state index contributed by atoms with van der Waals surface area (Å²) in [6, 6.07) is 18.1. The fourth-order valence-electron chi connectivity index (χ4n) is 2.04. The summed E-state index contributed by atoms with van der Waals surface area (Å²) in [6.45, 7) is 0. The van der Waals surface area contributed by atoms with Gasteiger partial charge in [-0.05, 0) is 36.4 Å². The standard InChI is InChI=1S/C17H12ClNO2/c18-15-8-2-1-7-14(15)17(20)19-13-6-3-5-12(11-13)16-9-4-10-21-16/h1-11H,(H,19,20). The van der Waals surface area contributed by atoms with E-state index in [4.69, 9.17) is 16.0 Å². The molecule has 0 aliphatic rings. The molecule has 3 rings (SSSR count). The SMILES string of the molecule is O=C(Nc1cccc(-c2ccco2)c1)c1ccccc1Cl. The Hall–Kier alpha value is -2.52. The van der Waals surface area contributed by atoms with Crippen molar-refractivity contribution >= 4 is 23.2 Å². The summed E-state index contributed by atoms with van der Waals surface area (Å²) in [5.74, 6) is 0.515. The Labute approximate surface area is 127 Å². The molecule has 0 bridgehead atoms. The molecule has 1 aromatic heterocycles. The van der Waals surface area contributed by atoms with Gasteiger partial charge in [0, 0.05) is 11.3 Å². The van der Waals surface area contributed by atoms with Crippen LogP contribution in [-0.2, 0) is 0 Å². The van der Waals surface area contributed by atoms with Gasteiger partial charge in [-0.1, -0.05) is 35.9 Å². The Morgan fingerprint density at radius 2 is 1.86 bits per heavy atom. The molecule has 1 amide bonds. The van der Waals surface area contributed by atoms with E-state index in [1.165, 1.54) is 0 Å². The molecule has 2 aromatic carbocycles. The maximum Gasteiger partial charge on any atom is 0.257 e. The summed E-state index contributed by atoms with van der Waals surface area (Å²) >= 11 is 6.02. The smallest absolute Gasteiger partial charge is 0.257 e. The number of amides is 1. The molecule has 4 heteroatoms. The molecule has 104 valence electrons. The quantitative estimate of drug-likeness (QED) is 0.750. The fourth-order valence-corrected chi connectivity index (χ4v) is 2.26. The number of nitrogens with one attached hydrogen (secondary N) is 1. The second kappa shape index (κ2) is 5.85. The van der Waals surface area contributed by atoms with Gasteiger partial charge in [0.15, 0.2) is 0 Å². The van der Waals surface area contributed by atoms with E-state index in [9.17, 15) is 4.79 Å². The van der Waals surface area contributed by atoms with E-state index in [2.05, 4.69) is 5.32 Å². The monoisotopic (exact) mass is 297 g/mol. The number of furan rings is 1. The molecule has 0 aliphatic carbocycles. The second-order valence-corrected chi connectivity index (χ2v) is 4.90. The van der Waals surface area contributed by atoms with Gasteiger partial charge >= 0.3 is 0 Å². The van der Waals surface area contributed by atoms with Crippen LogP contribution in [0.2, 0.25) is 5.02 Å². The van der Waals surface area contributed by atoms with E-state index >= 15 is 0 Å².